The van der Waals surface area contributed by atoms with Crippen LogP contribution in [0.2, 0.25) is 0 Å². The van der Waals surface area contributed by atoms with Crippen LogP contribution in [0.5, 0.6) is 5.75 Å². The maximum absolute atomic E-state index is 13.3. The van der Waals surface area contributed by atoms with Gasteiger partial charge in [-0.2, -0.15) is 0 Å². The van der Waals surface area contributed by atoms with Crippen LogP contribution >= 0.6 is 15.9 Å². The number of rotatable bonds is 4. The number of hydrogen-bond donors (Lipinski definition) is 0. The Morgan fingerprint density at radius 3 is 2.80 bits per heavy atom. The maximum Gasteiger partial charge on any atom is 0.340 e. The fraction of sp³-hybridized carbons (Fsp3) is 0.300. The first kappa shape index (κ1) is 12.0. The van der Waals surface area contributed by atoms with Crippen molar-refractivity contribution < 1.29 is 18.7 Å². The number of hydrogen-bond acceptors (Lipinski definition) is 3. The van der Waals surface area contributed by atoms with Gasteiger partial charge in [-0.1, -0.05) is 15.9 Å². The molecule has 0 saturated carbocycles. The smallest absolute Gasteiger partial charge is 0.340 e. The Bertz CT molecular complexity index is 355. The van der Waals surface area contributed by atoms with Crippen molar-refractivity contribution in [2.45, 2.75) is 0 Å². The van der Waals surface area contributed by atoms with Crippen molar-refractivity contribution in [2.75, 3.05) is 19.0 Å². The van der Waals surface area contributed by atoms with E-state index in [2.05, 4.69) is 20.7 Å². The second kappa shape index (κ2) is 5.70. The topological polar surface area (TPSA) is 35.5 Å². The third-order valence-electron chi connectivity index (χ3n) is 1.69. The molecule has 0 fully saturated rings. The van der Waals surface area contributed by atoms with Gasteiger partial charge in [0.15, 0.2) is 0 Å². The number of esters is 1. The molecule has 0 aromatic heterocycles. The number of carbonyl (C=O) groups is 1. The summed E-state index contributed by atoms with van der Waals surface area (Å²) >= 11 is 3.18. The van der Waals surface area contributed by atoms with Gasteiger partial charge < -0.3 is 9.47 Å². The average molecular weight is 277 g/mol. The minimum atomic E-state index is -0.695. The predicted octanol–water partition coefficient (Wildman–Crippen LogP) is 2.39. The normalized spacial score (nSPS) is 9.80. The van der Waals surface area contributed by atoms with Crippen LogP contribution in [0.1, 0.15) is 10.4 Å². The number of halogens is 2. The summed E-state index contributed by atoms with van der Waals surface area (Å²) in [5, 5.41) is 0.660. The van der Waals surface area contributed by atoms with Gasteiger partial charge in [0.2, 0.25) is 0 Å². The number of alkyl halides is 1. The van der Waals surface area contributed by atoms with Crippen LogP contribution in [0, 0.1) is 5.82 Å². The average Bonchev–Trinajstić information content (AvgIpc) is 2.25. The molecule has 3 nitrogen and oxygen atoms in total. The fourth-order valence-electron chi connectivity index (χ4n) is 1.02. The standard InChI is InChI=1S/C10H10BrFO3/c1-14-10(13)8-3-2-7(6-9(8)12)15-5-4-11/h2-3,6H,4-5H2,1H3. The molecule has 82 valence electrons. The summed E-state index contributed by atoms with van der Waals surface area (Å²) in [4.78, 5) is 11.0. The van der Waals surface area contributed by atoms with Gasteiger partial charge in [0.1, 0.15) is 11.6 Å². The van der Waals surface area contributed by atoms with E-state index in [9.17, 15) is 9.18 Å². The molecule has 0 radical (unpaired) electrons. The molecule has 0 N–H and O–H groups in total. The molecule has 0 spiro atoms. The van der Waals surface area contributed by atoms with E-state index in [0.717, 1.165) is 6.07 Å². The molecule has 0 bridgehead atoms. The molecule has 15 heavy (non-hydrogen) atoms. The Morgan fingerprint density at radius 1 is 1.53 bits per heavy atom. The summed E-state index contributed by atoms with van der Waals surface area (Å²) in [7, 11) is 1.21. The van der Waals surface area contributed by atoms with Gasteiger partial charge in [-0.3, -0.25) is 0 Å². The van der Waals surface area contributed by atoms with Gasteiger partial charge in [-0.15, -0.1) is 0 Å². The van der Waals surface area contributed by atoms with E-state index in [1.54, 1.807) is 0 Å². The largest absolute Gasteiger partial charge is 0.493 e. The minimum Gasteiger partial charge on any atom is -0.493 e. The second-order valence-electron chi connectivity index (χ2n) is 2.67. The van der Waals surface area contributed by atoms with E-state index in [4.69, 9.17) is 4.74 Å². The van der Waals surface area contributed by atoms with Gasteiger partial charge in [0, 0.05) is 11.4 Å². The van der Waals surface area contributed by atoms with Gasteiger partial charge in [-0.05, 0) is 12.1 Å². The predicted molar refractivity (Wildman–Crippen MR) is 57.0 cm³/mol. The van der Waals surface area contributed by atoms with Crippen molar-refractivity contribution >= 4 is 21.9 Å². The van der Waals surface area contributed by atoms with Crippen molar-refractivity contribution in [3.05, 3.63) is 29.6 Å². The van der Waals surface area contributed by atoms with Crippen LogP contribution < -0.4 is 4.74 Å². The summed E-state index contributed by atoms with van der Waals surface area (Å²) in [5.74, 6) is -0.951. The molecule has 0 heterocycles. The molecule has 1 rings (SSSR count). The Kier molecular flexibility index (Phi) is 4.55. The van der Waals surface area contributed by atoms with Crippen LogP contribution in [0.25, 0.3) is 0 Å². The number of ether oxygens (including phenoxy) is 2. The van der Waals surface area contributed by atoms with Crippen LogP contribution in [-0.2, 0) is 4.74 Å². The summed E-state index contributed by atoms with van der Waals surface area (Å²) in [5.41, 5.74) is -0.0938. The quantitative estimate of drug-likeness (QED) is 0.626. The first-order chi connectivity index (χ1) is 7.19. The van der Waals surface area contributed by atoms with E-state index < -0.39 is 11.8 Å². The van der Waals surface area contributed by atoms with Gasteiger partial charge in [-0.25, -0.2) is 9.18 Å². The second-order valence-corrected chi connectivity index (χ2v) is 3.46. The van der Waals surface area contributed by atoms with Crippen LogP contribution in [0.4, 0.5) is 4.39 Å². The molecule has 0 aliphatic carbocycles. The van der Waals surface area contributed by atoms with Crippen molar-refractivity contribution in [3.63, 3.8) is 0 Å². The molecule has 0 unspecified atom stereocenters. The maximum atomic E-state index is 13.3. The monoisotopic (exact) mass is 276 g/mol. The molecular weight excluding hydrogens is 267 g/mol. The highest BCUT2D eigenvalue weighted by Gasteiger charge is 2.12. The van der Waals surface area contributed by atoms with Crippen molar-refractivity contribution in [3.8, 4) is 5.75 Å². The Labute approximate surface area is 95.3 Å². The molecule has 1 aromatic rings. The summed E-state index contributed by atoms with van der Waals surface area (Å²) < 4.78 is 22.9. The molecule has 0 amide bonds. The van der Waals surface area contributed by atoms with Crippen molar-refractivity contribution in [1.82, 2.24) is 0 Å². The molecule has 0 atom stereocenters. The van der Waals surface area contributed by atoms with Gasteiger partial charge >= 0.3 is 5.97 Å². The first-order valence-electron chi connectivity index (χ1n) is 4.25. The van der Waals surface area contributed by atoms with Crippen LogP contribution in [-0.4, -0.2) is 25.0 Å². The third-order valence-corrected chi connectivity index (χ3v) is 2.02. The molecule has 0 saturated heterocycles. The van der Waals surface area contributed by atoms with E-state index in [0.29, 0.717) is 17.7 Å². The lowest BCUT2D eigenvalue weighted by molar-refractivity contribution is 0.0595. The SMILES string of the molecule is COC(=O)c1ccc(OCCBr)cc1F. The third kappa shape index (κ3) is 3.20. The highest BCUT2D eigenvalue weighted by atomic mass is 79.9. The lowest BCUT2D eigenvalue weighted by Crippen LogP contribution is -2.05. The van der Waals surface area contributed by atoms with E-state index in [1.165, 1.54) is 19.2 Å². The number of carbonyl (C=O) groups excluding carboxylic acids is 1. The van der Waals surface area contributed by atoms with Crippen LogP contribution in [0.3, 0.4) is 0 Å². The zero-order valence-electron chi connectivity index (χ0n) is 8.13. The summed E-state index contributed by atoms with van der Waals surface area (Å²) in [6.45, 7) is 0.441. The van der Waals surface area contributed by atoms with Crippen molar-refractivity contribution in [1.29, 1.82) is 0 Å². The Hall–Kier alpha value is -1.10. The molecule has 1 aromatic carbocycles. The van der Waals surface area contributed by atoms with E-state index in [1.807, 2.05) is 0 Å². The first-order valence-corrected chi connectivity index (χ1v) is 5.38. The van der Waals surface area contributed by atoms with E-state index in [-0.39, 0.29) is 5.56 Å². The Balaban J connectivity index is 2.83. The minimum absolute atomic E-state index is 0.0938. The van der Waals surface area contributed by atoms with Gasteiger partial charge in [0.25, 0.3) is 0 Å². The van der Waals surface area contributed by atoms with Crippen molar-refractivity contribution in [2.24, 2.45) is 0 Å². The summed E-state index contributed by atoms with van der Waals surface area (Å²) in [6, 6.07) is 4.03. The number of methoxy groups -OCH3 is 1. The molecular formula is C10H10BrFO3. The molecule has 0 aliphatic rings. The van der Waals surface area contributed by atoms with Crippen LogP contribution in [0.15, 0.2) is 18.2 Å². The van der Waals surface area contributed by atoms with E-state index >= 15 is 0 Å². The highest BCUT2D eigenvalue weighted by Crippen LogP contribution is 2.17. The summed E-state index contributed by atoms with van der Waals surface area (Å²) in [6.07, 6.45) is 0. The molecule has 0 aliphatic heterocycles. The lowest BCUT2D eigenvalue weighted by atomic mass is 10.2. The fourth-order valence-corrected chi connectivity index (χ4v) is 1.18. The van der Waals surface area contributed by atoms with Gasteiger partial charge in [0.05, 0.1) is 19.3 Å². The highest BCUT2D eigenvalue weighted by molar-refractivity contribution is 9.09. The Morgan fingerprint density at radius 2 is 2.27 bits per heavy atom. The number of benzene rings is 1. The zero-order chi connectivity index (χ0) is 11.3. The lowest BCUT2D eigenvalue weighted by Gasteiger charge is -2.05. The molecule has 5 heteroatoms. The zero-order valence-corrected chi connectivity index (χ0v) is 9.71.